The Kier molecular flexibility index (Phi) is 11.5. The van der Waals surface area contributed by atoms with Gasteiger partial charge in [0.15, 0.2) is 11.5 Å². The van der Waals surface area contributed by atoms with E-state index in [1.165, 1.54) is 12.1 Å². The van der Waals surface area contributed by atoms with Gasteiger partial charge >= 0.3 is 24.1 Å². The molecule has 1 saturated carbocycles. The quantitative estimate of drug-likeness (QED) is 0.312. The maximum atomic E-state index is 12.7. The van der Waals surface area contributed by atoms with Gasteiger partial charge in [-0.15, -0.1) is 0 Å². The van der Waals surface area contributed by atoms with E-state index in [0.717, 1.165) is 32.1 Å². The Morgan fingerprint density at radius 3 is 1.90 bits per heavy atom. The van der Waals surface area contributed by atoms with E-state index in [1.54, 1.807) is 61.5 Å². The molecule has 1 aliphatic rings. The normalized spacial score (nSPS) is 16.7. The average molecular weight is 564 g/mol. The first-order valence-corrected chi connectivity index (χ1v) is 13.9. The van der Waals surface area contributed by atoms with E-state index >= 15 is 0 Å². The van der Waals surface area contributed by atoms with Gasteiger partial charge in [0.05, 0.1) is 10.8 Å². The molecule has 0 radical (unpaired) electrons. The summed E-state index contributed by atoms with van der Waals surface area (Å²) in [7, 11) is 0. The first-order chi connectivity index (χ1) is 18.5. The van der Waals surface area contributed by atoms with Crippen molar-refractivity contribution in [2.45, 2.75) is 118 Å². The highest BCUT2D eigenvalue weighted by Gasteiger charge is 2.30. The average Bonchev–Trinajstić information content (AvgIpc) is 2.84. The van der Waals surface area contributed by atoms with Gasteiger partial charge in [-0.1, -0.05) is 12.5 Å². The van der Waals surface area contributed by atoms with Crippen LogP contribution in [0.1, 0.15) is 93.1 Å². The van der Waals surface area contributed by atoms with E-state index in [2.05, 4.69) is 0 Å². The maximum absolute atomic E-state index is 12.7. The van der Waals surface area contributed by atoms with Crippen LogP contribution in [0.3, 0.4) is 0 Å². The second kappa shape index (κ2) is 14.0. The van der Waals surface area contributed by atoms with E-state index < -0.39 is 53.1 Å². The predicted octanol–water partition coefficient (Wildman–Crippen LogP) is 5.27. The third-order valence-electron chi connectivity index (χ3n) is 6.46. The highest BCUT2D eigenvalue weighted by Crippen LogP contribution is 2.33. The van der Waals surface area contributed by atoms with Crippen LogP contribution in [-0.2, 0) is 35.0 Å². The van der Waals surface area contributed by atoms with Crippen LogP contribution in [0.2, 0.25) is 0 Å². The topological polar surface area (TPSA) is 140 Å². The Balaban J connectivity index is 2.03. The minimum atomic E-state index is -1.06. The zero-order valence-corrected chi connectivity index (χ0v) is 25.0. The Morgan fingerprint density at radius 2 is 1.35 bits per heavy atom. The minimum Gasteiger partial charge on any atom is -0.458 e. The molecule has 2 rings (SSSR count). The third-order valence-corrected chi connectivity index (χ3v) is 6.46. The van der Waals surface area contributed by atoms with E-state index in [-0.39, 0.29) is 24.0 Å². The van der Waals surface area contributed by atoms with Crippen molar-refractivity contribution in [2.75, 3.05) is 0 Å². The third kappa shape index (κ3) is 10.4. The molecular formula is C30H45NO9. The van der Waals surface area contributed by atoms with Gasteiger partial charge in [-0.3, -0.25) is 14.4 Å². The lowest BCUT2D eigenvalue weighted by atomic mass is 9.97. The number of ether oxygens (including phenoxy) is 5. The van der Waals surface area contributed by atoms with E-state index in [9.17, 15) is 19.2 Å². The molecule has 0 amide bonds. The lowest BCUT2D eigenvalue weighted by Gasteiger charge is -2.25. The number of nitrogens with two attached hydrogens (primary N) is 1. The van der Waals surface area contributed by atoms with Crippen molar-refractivity contribution in [1.29, 1.82) is 0 Å². The number of carbonyl (C=O) groups is 4. The SMILES string of the molecule is CC(OC(=O)OC1CCCCC1)[C@H](C)OC(=O)[C@@H](N)Cc1ccc(OC(=O)C(C)(C)C)c(OC(=O)C(C)(C)C)c1. The Labute approximate surface area is 237 Å². The lowest BCUT2D eigenvalue weighted by Crippen LogP contribution is -2.39. The van der Waals surface area contributed by atoms with Crippen LogP contribution in [0.5, 0.6) is 11.5 Å². The molecule has 40 heavy (non-hydrogen) atoms. The lowest BCUT2D eigenvalue weighted by molar-refractivity contribution is -0.156. The molecule has 10 heteroatoms. The van der Waals surface area contributed by atoms with E-state index in [4.69, 9.17) is 29.4 Å². The monoisotopic (exact) mass is 563 g/mol. The summed E-state index contributed by atoms with van der Waals surface area (Å²) >= 11 is 0. The first kappa shape index (κ1) is 33.1. The van der Waals surface area contributed by atoms with Crippen LogP contribution in [0.4, 0.5) is 4.79 Å². The molecule has 2 N–H and O–H groups in total. The Morgan fingerprint density at radius 1 is 0.825 bits per heavy atom. The van der Waals surface area contributed by atoms with Crippen molar-refractivity contribution in [3.8, 4) is 11.5 Å². The molecule has 0 heterocycles. The summed E-state index contributed by atoms with van der Waals surface area (Å²) in [5.41, 5.74) is 5.10. The zero-order valence-electron chi connectivity index (χ0n) is 25.0. The van der Waals surface area contributed by atoms with Crippen molar-refractivity contribution in [3.05, 3.63) is 23.8 Å². The van der Waals surface area contributed by atoms with Gasteiger partial charge < -0.3 is 29.4 Å². The summed E-state index contributed by atoms with van der Waals surface area (Å²) in [5.74, 6) is -1.59. The van der Waals surface area contributed by atoms with Crippen LogP contribution < -0.4 is 15.2 Å². The van der Waals surface area contributed by atoms with Crippen LogP contribution in [-0.4, -0.2) is 48.4 Å². The number of hydrogen-bond donors (Lipinski definition) is 1. The number of rotatable bonds is 9. The van der Waals surface area contributed by atoms with Gasteiger partial charge in [0.1, 0.15) is 24.4 Å². The summed E-state index contributed by atoms with van der Waals surface area (Å²) in [4.78, 5) is 49.9. The van der Waals surface area contributed by atoms with Gasteiger partial charge in [-0.25, -0.2) is 4.79 Å². The van der Waals surface area contributed by atoms with Crippen LogP contribution >= 0.6 is 0 Å². The second-order valence-corrected chi connectivity index (χ2v) is 12.5. The molecule has 1 aromatic rings. The largest absolute Gasteiger partial charge is 0.508 e. The molecule has 0 spiro atoms. The summed E-state index contributed by atoms with van der Waals surface area (Å²) in [6.07, 6.45) is 2.43. The maximum Gasteiger partial charge on any atom is 0.508 e. The van der Waals surface area contributed by atoms with Crippen LogP contribution in [0.25, 0.3) is 0 Å². The molecule has 224 valence electrons. The fraction of sp³-hybridized carbons (Fsp3) is 0.667. The molecule has 0 saturated heterocycles. The fourth-order valence-electron chi connectivity index (χ4n) is 3.65. The molecule has 1 aromatic carbocycles. The number of benzene rings is 1. The van der Waals surface area contributed by atoms with Crippen molar-refractivity contribution >= 4 is 24.1 Å². The Bertz CT molecular complexity index is 1050. The van der Waals surface area contributed by atoms with E-state index in [0.29, 0.717) is 5.56 Å². The van der Waals surface area contributed by atoms with Crippen molar-refractivity contribution < 1.29 is 42.9 Å². The van der Waals surface area contributed by atoms with Gasteiger partial charge in [0.2, 0.25) is 0 Å². The highest BCUT2D eigenvalue weighted by molar-refractivity contribution is 5.81. The van der Waals surface area contributed by atoms with Crippen LogP contribution in [0, 0.1) is 10.8 Å². The van der Waals surface area contributed by atoms with Gasteiger partial charge in [0, 0.05) is 0 Å². The molecule has 1 unspecified atom stereocenters. The number of esters is 3. The predicted molar refractivity (Wildman–Crippen MR) is 148 cm³/mol. The standard InChI is InChI=1S/C30H45NO9/c1-18(19(2)37-28(35)38-21-12-10-9-11-13-21)36-25(32)22(31)16-20-14-15-23(39-26(33)29(3,4)5)24(17-20)40-27(34)30(6,7)8/h14-15,17-19,21-22H,9-13,16,31H2,1-8H3/t18-,19?,22-/m0/s1. The molecule has 0 aliphatic heterocycles. The van der Waals surface area contributed by atoms with Gasteiger partial charge in [0.25, 0.3) is 0 Å². The van der Waals surface area contributed by atoms with Crippen molar-refractivity contribution in [2.24, 2.45) is 16.6 Å². The fourth-order valence-corrected chi connectivity index (χ4v) is 3.65. The Hall–Kier alpha value is -3.14. The highest BCUT2D eigenvalue weighted by atomic mass is 16.7. The first-order valence-electron chi connectivity index (χ1n) is 13.9. The van der Waals surface area contributed by atoms with Crippen molar-refractivity contribution in [3.63, 3.8) is 0 Å². The summed E-state index contributed by atoms with van der Waals surface area (Å²) in [6, 6.07) is 3.58. The molecule has 0 aromatic heterocycles. The molecule has 1 fully saturated rings. The van der Waals surface area contributed by atoms with Gasteiger partial charge in [-0.2, -0.15) is 0 Å². The second-order valence-electron chi connectivity index (χ2n) is 12.5. The molecule has 1 aliphatic carbocycles. The number of carbonyl (C=O) groups excluding carboxylic acids is 4. The van der Waals surface area contributed by atoms with Crippen molar-refractivity contribution in [1.82, 2.24) is 0 Å². The van der Waals surface area contributed by atoms with E-state index in [1.807, 2.05) is 0 Å². The molecular weight excluding hydrogens is 518 g/mol. The number of hydrogen-bond acceptors (Lipinski definition) is 10. The van der Waals surface area contributed by atoms with Gasteiger partial charge in [-0.05, 0) is 105 Å². The minimum absolute atomic E-state index is 0.0439. The molecule has 0 bridgehead atoms. The smallest absolute Gasteiger partial charge is 0.458 e. The zero-order chi connectivity index (χ0) is 30.3. The molecule has 3 atom stereocenters. The summed E-state index contributed by atoms with van der Waals surface area (Å²) in [6.45, 7) is 13.4. The summed E-state index contributed by atoms with van der Waals surface area (Å²) in [5, 5.41) is 0. The summed E-state index contributed by atoms with van der Waals surface area (Å²) < 4.78 is 27.2. The van der Waals surface area contributed by atoms with Crippen LogP contribution in [0.15, 0.2) is 18.2 Å². The molecule has 10 nitrogen and oxygen atoms in total.